The Morgan fingerprint density at radius 3 is 1.91 bits per heavy atom. The van der Waals surface area contributed by atoms with Crippen molar-refractivity contribution < 1.29 is 15.0 Å². The fourth-order valence-electron chi connectivity index (χ4n) is 3.47. The van der Waals surface area contributed by atoms with E-state index in [9.17, 15) is 9.59 Å². The van der Waals surface area contributed by atoms with E-state index in [1.54, 1.807) is 33.9 Å². The number of pyridine rings is 1. The smallest absolute Gasteiger partial charge is 0.258 e. The zero-order valence-electron chi connectivity index (χ0n) is 22.1. The molecule has 5 nitrogen and oxygen atoms in total. The molecule has 0 amide bonds. The molecular weight excluding hydrogens is 462 g/mol. The predicted octanol–water partition coefficient (Wildman–Crippen LogP) is 5.49. The number of hydrogen-bond acceptors (Lipinski definition) is 4. The minimum atomic E-state index is -0.500. The number of aliphatic hydroxyl groups excluding tert-OH is 1. The van der Waals surface area contributed by atoms with Gasteiger partial charge in [-0.05, 0) is 50.3 Å². The number of aliphatic hydroxyl groups is 2. The van der Waals surface area contributed by atoms with E-state index in [0.717, 1.165) is 42.9 Å². The molecule has 0 atom stereocenters. The fraction of sp³-hybridized carbons (Fsp3) is 0.379. The average Bonchev–Trinajstić information content (AvgIpc) is 2.83. The summed E-state index contributed by atoms with van der Waals surface area (Å²) in [5, 5.41) is 16.2. The van der Waals surface area contributed by atoms with Crippen LogP contribution in [0.15, 0.2) is 30.1 Å². The van der Waals surface area contributed by atoms with Crippen LogP contribution < -0.4 is 5.56 Å². The molecule has 6 heteroatoms. The van der Waals surface area contributed by atoms with Crippen LogP contribution >= 0.6 is 11.6 Å². The summed E-state index contributed by atoms with van der Waals surface area (Å²) in [6.07, 6.45) is 13.8. The number of carbonyl (C=O) groups is 1. The Labute approximate surface area is 215 Å². The zero-order valence-corrected chi connectivity index (χ0v) is 22.9. The highest BCUT2D eigenvalue weighted by Gasteiger charge is 2.21. The third-order valence-corrected chi connectivity index (χ3v) is 5.25. The van der Waals surface area contributed by atoms with Crippen molar-refractivity contribution >= 4 is 30.0 Å². The lowest BCUT2D eigenvalue weighted by atomic mass is 9.90. The maximum atomic E-state index is 12.7. The van der Waals surface area contributed by atoms with E-state index < -0.39 is 5.60 Å². The van der Waals surface area contributed by atoms with Crippen LogP contribution in [0.1, 0.15) is 62.6 Å². The minimum absolute atomic E-state index is 0.118. The number of aldehydes is 1. The lowest BCUT2D eigenvalue weighted by Gasteiger charge is -2.21. The molecule has 2 aromatic rings. The summed E-state index contributed by atoms with van der Waals surface area (Å²) >= 11 is 6.78. The van der Waals surface area contributed by atoms with Crippen molar-refractivity contribution in [1.82, 2.24) is 4.57 Å². The second kappa shape index (κ2) is 16.7. The molecule has 192 valence electrons. The maximum absolute atomic E-state index is 12.7. The summed E-state index contributed by atoms with van der Waals surface area (Å²) in [6.45, 7) is 17.0. The number of hydrogen-bond donors (Lipinski definition) is 2. The van der Waals surface area contributed by atoms with Crippen molar-refractivity contribution in [3.63, 3.8) is 0 Å². The van der Waals surface area contributed by atoms with Crippen molar-refractivity contribution in [2.45, 2.75) is 59.5 Å². The molecule has 0 aliphatic carbocycles. The van der Waals surface area contributed by atoms with E-state index >= 15 is 0 Å². The summed E-state index contributed by atoms with van der Waals surface area (Å²) in [5.41, 5.74) is 4.91. The number of benzene rings is 1. The molecule has 0 radical (unpaired) electrons. The van der Waals surface area contributed by atoms with E-state index in [4.69, 9.17) is 21.8 Å². The summed E-state index contributed by atoms with van der Waals surface area (Å²) in [6, 6.07) is 4.03. The fourth-order valence-corrected chi connectivity index (χ4v) is 3.88. The van der Waals surface area contributed by atoms with Crippen LogP contribution in [0.2, 0.25) is 5.02 Å². The molecular formula is C29H40ClNO4. The molecule has 2 N–H and O–H groups in total. The summed E-state index contributed by atoms with van der Waals surface area (Å²) in [5.74, 6) is 0. The molecule has 0 aliphatic heterocycles. The molecule has 1 aromatic carbocycles. The molecule has 0 aliphatic rings. The molecule has 2 rings (SSSR count). The lowest BCUT2D eigenvalue weighted by Crippen LogP contribution is -2.25. The number of rotatable bonds is 7. The van der Waals surface area contributed by atoms with Gasteiger partial charge < -0.3 is 19.6 Å². The quantitative estimate of drug-likeness (QED) is 0.388. The van der Waals surface area contributed by atoms with E-state index in [1.807, 2.05) is 6.07 Å². The minimum Gasteiger partial charge on any atom is -0.400 e. The average molecular weight is 502 g/mol. The van der Waals surface area contributed by atoms with Gasteiger partial charge in [0.1, 0.15) is 6.29 Å². The summed E-state index contributed by atoms with van der Waals surface area (Å²) in [7, 11) is 2.67. The van der Waals surface area contributed by atoms with Gasteiger partial charge in [0, 0.05) is 43.0 Å². The van der Waals surface area contributed by atoms with Gasteiger partial charge in [0.25, 0.3) is 5.56 Å². The van der Waals surface area contributed by atoms with Gasteiger partial charge in [-0.3, -0.25) is 4.79 Å². The molecule has 0 spiro atoms. The van der Waals surface area contributed by atoms with Gasteiger partial charge in [0.2, 0.25) is 0 Å². The summed E-state index contributed by atoms with van der Waals surface area (Å²) < 4.78 is 1.50. The molecule has 0 saturated carbocycles. The first-order valence-electron chi connectivity index (χ1n) is 11.2. The van der Waals surface area contributed by atoms with E-state index in [-0.39, 0.29) is 12.0 Å². The normalized spacial score (nSPS) is 9.83. The highest BCUT2D eigenvalue weighted by atomic mass is 35.5. The Balaban J connectivity index is 0. The molecule has 0 fully saturated rings. The van der Waals surface area contributed by atoms with Crippen LogP contribution in [0.4, 0.5) is 0 Å². The van der Waals surface area contributed by atoms with E-state index in [2.05, 4.69) is 45.9 Å². The first-order chi connectivity index (χ1) is 16.5. The van der Waals surface area contributed by atoms with Crippen LogP contribution in [0.25, 0.3) is 23.3 Å². The molecule has 0 saturated heterocycles. The molecule has 0 unspecified atom stereocenters. The Kier molecular flexibility index (Phi) is 16.3. The van der Waals surface area contributed by atoms with Crippen LogP contribution in [0.5, 0.6) is 0 Å². The van der Waals surface area contributed by atoms with Crippen LogP contribution in [-0.4, -0.2) is 33.8 Å². The number of terminal acetylenes is 1. The SMILES string of the molecule is C#C.C=Cc1c(-c2ccc(CC)c(CC)c2Cl)c(CC=O)n(C)c(=O)c1C=C.CC(C)(C)O.CO. The van der Waals surface area contributed by atoms with Gasteiger partial charge in [-0.15, -0.1) is 12.8 Å². The zero-order chi connectivity index (χ0) is 27.9. The molecule has 1 heterocycles. The number of aromatic nitrogens is 1. The van der Waals surface area contributed by atoms with Gasteiger partial charge in [0.15, 0.2) is 0 Å². The van der Waals surface area contributed by atoms with Crippen molar-refractivity contribution in [1.29, 1.82) is 0 Å². The highest BCUT2D eigenvalue weighted by Crippen LogP contribution is 2.38. The van der Waals surface area contributed by atoms with Gasteiger partial charge in [-0.1, -0.05) is 62.9 Å². The number of aryl methyl sites for hydroxylation is 1. The number of carbonyl (C=O) groups excluding carboxylic acids is 1. The van der Waals surface area contributed by atoms with Gasteiger partial charge in [-0.2, -0.15) is 0 Å². The number of halogens is 1. The summed E-state index contributed by atoms with van der Waals surface area (Å²) in [4.78, 5) is 24.0. The topological polar surface area (TPSA) is 79.5 Å². The van der Waals surface area contributed by atoms with E-state index in [0.29, 0.717) is 21.8 Å². The van der Waals surface area contributed by atoms with Crippen molar-refractivity contribution in [3.05, 3.63) is 68.6 Å². The standard InChI is InChI=1S/C22H24ClNO2.C4H10O.C2H2.CH4O/c1-6-14-10-11-18(21(23)15(14)7-2)20-16(8-3)17(9-4)22(26)24(5)19(20)12-13-25;1-4(2,3)5;2*1-2/h8-11,13H,3-4,6-7,12H2,1-2,5H3;5H,1-3H3;1-2H;2H,1H3. The first-order valence-corrected chi connectivity index (χ1v) is 11.6. The van der Waals surface area contributed by atoms with Gasteiger partial charge in [-0.25, -0.2) is 0 Å². The second-order valence-electron chi connectivity index (χ2n) is 8.23. The Hall–Kier alpha value is -2.91. The Bertz CT molecular complexity index is 1070. The van der Waals surface area contributed by atoms with Crippen LogP contribution in [0.3, 0.4) is 0 Å². The molecule has 35 heavy (non-hydrogen) atoms. The maximum Gasteiger partial charge on any atom is 0.258 e. The lowest BCUT2D eigenvalue weighted by molar-refractivity contribution is -0.107. The first kappa shape index (κ1) is 34.3. The monoisotopic (exact) mass is 501 g/mol. The third-order valence-electron chi connectivity index (χ3n) is 4.82. The van der Waals surface area contributed by atoms with Gasteiger partial charge >= 0.3 is 0 Å². The van der Waals surface area contributed by atoms with Crippen molar-refractivity contribution in [2.24, 2.45) is 7.05 Å². The van der Waals surface area contributed by atoms with Crippen LogP contribution in [-0.2, 0) is 31.1 Å². The molecule has 1 aromatic heterocycles. The molecule has 0 bridgehead atoms. The van der Waals surface area contributed by atoms with Crippen molar-refractivity contribution in [3.8, 4) is 24.0 Å². The second-order valence-corrected chi connectivity index (χ2v) is 8.61. The van der Waals surface area contributed by atoms with Crippen LogP contribution in [0, 0.1) is 12.8 Å². The van der Waals surface area contributed by atoms with E-state index in [1.165, 1.54) is 16.2 Å². The Morgan fingerprint density at radius 2 is 1.54 bits per heavy atom. The largest absolute Gasteiger partial charge is 0.400 e. The highest BCUT2D eigenvalue weighted by molar-refractivity contribution is 6.34. The van der Waals surface area contributed by atoms with Gasteiger partial charge in [0.05, 0.1) is 10.6 Å². The number of nitrogens with zero attached hydrogens (tertiary/aromatic N) is 1. The van der Waals surface area contributed by atoms with Crippen molar-refractivity contribution in [2.75, 3.05) is 7.11 Å². The Morgan fingerprint density at radius 1 is 1.06 bits per heavy atom. The predicted molar refractivity (Wildman–Crippen MR) is 151 cm³/mol. The third kappa shape index (κ3) is 9.33.